The van der Waals surface area contributed by atoms with Crippen LogP contribution in [0.25, 0.3) is 0 Å². The molecule has 0 unspecified atom stereocenters. The molecule has 11 heteroatoms. The van der Waals surface area contributed by atoms with Crippen molar-refractivity contribution in [1.82, 2.24) is 5.43 Å². The number of carbonyl (C=O) groups excluding carboxylic acids is 2. The Morgan fingerprint density at radius 1 is 0.814 bits per heavy atom. The van der Waals surface area contributed by atoms with Crippen LogP contribution in [0.15, 0.2) is 107 Å². The number of hydrogen-bond acceptors (Lipinski definition) is 7. The second-order valence-corrected chi connectivity index (χ2v) is 11.4. The molecule has 2 N–H and O–H groups in total. The van der Waals surface area contributed by atoms with Crippen LogP contribution in [-0.2, 0) is 14.8 Å². The number of benzene rings is 4. The lowest BCUT2D eigenvalue weighted by molar-refractivity contribution is -0.119. The molecule has 0 saturated carbocycles. The van der Waals surface area contributed by atoms with Gasteiger partial charge in [-0.1, -0.05) is 48.0 Å². The molecule has 0 aliphatic heterocycles. The van der Waals surface area contributed by atoms with Crippen LogP contribution in [0.2, 0.25) is 0 Å². The van der Waals surface area contributed by atoms with Gasteiger partial charge in [0.15, 0.2) is 11.5 Å². The molecule has 0 fully saturated rings. The molecular weight excluding hydrogens is 568 g/mol. The van der Waals surface area contributed by atoms with E-state index in [1.807, 2.05) is 13.0 Å². The smallest absolute Gasteiger partial charge is 0.264 e. The van der Waals surface area contributed by atoms with E-state index in [2.05, 4.69) is 15.8 Å². The molecule has 0 atom stereocenters. The first-order valence-electron chi connectivity index (χ1n) is 13.2. The second-order valence-electron chi connectivity index (χ2n) is 9.50. The maximum atomic E-state index is 13.7. The summed E-state index contributed by atoms with van der Waals surface area (Å²) in [5.41, 5.74) is 5.71. The molecule has 2 amide bonds. The van der Waals surface area contributed by atoms with Gasteiger partial charge in [0.1, 0.15) is 6.54 Å². The minimum Gasteiger partial charge on any atom is -0.493 e. The largest absolute Gasteiger partial charge is 0.493 e. The maximum Gasteiger partial charge on any atom is 0.264 e. The third-order valence-corrected chi connectivity index (χ3v) is 8.26. The highest BCUT2D eigenvalue weighted by Gasteiger charge is 2.28. The minimum atomic E-state index is -4.15. The first kappa shape index (κ1) is 30.8. The highest BCUT2D eigenvalue weighted by molar-refractivity contribution is 7.92. The summed E-state index contributed by atoms with van der Waals surface area (Å²) in [6.45, 7) is 2.98. The van der Waals surface area contributed by atoms with E-state index in [4.69, 9.17) is 9.47 Å². The van der Waals surface area contributed by atoms with Gasteiger partial charge < -0.3 is 14.8 Å². The summed E-state index contributed by atoms with van der Waals surface area (Å²) in [4.78, 5) is 25.7. The number of hydrazone groups is 1. The van der Waals surface area contributed by atoms with Crippen LogP contribution in [-0.4, -0.2) is 46.7 Å². The molecule has 0 radical (unpaired) electrons. The zero-order chi connectivity index (χ0) is 31.0. The molecule has 0 heterocycles. The normalized spacial score (nSPS) is 11.4. The van der Waals surface area contributed by atoms with E-state index in [0.717, 1.165) is 9.87 Å². The van der Waals surface area contributed by atoms with Crippen LogP contribution in [0.3, 0.4) is 0 Å². The highest BCUT2D eigenvalue weighted by Crippen LogP contribution is 2.33. The Morgan fingerprint density at radius 3 is 2.16 bits per heavy atom. The van der Waals surface area contributed by atoms with Crippen LogP contribution in [0, 0.1) is 6.92 Å². The molecule has 4 aromatic rings. The Kier molecular flexibility index (Phi) is 9.79. The number of ether oxygens (including phenoxy) is 2. The van der Waals surface area contributed by atoms with E-state index in [0.29, 0.717) is 34.0 Å². The van der Waals surface area contributed by atoms with Gasteiger partial charge in [-0.05, 0) is 67.9 Å². The zero-order valence-electron chi connectivity index (χ0n) is 24.2. The molecule has 4 rings (SSSR count). The van der Waals surface area contributed by atoms with Crippen molar-refractivity contribution in [1.29, 1.82) is 0 Å². The van der Waals surface area contributed by atoms with Crippen LogP contribution in [0.1, 0.15) is 28.4 Å². The first-order valence-corrected chi connectivity index (χ1v) is 14.7. The fourth-order valence-electron chi connectivity index (χ4n) is 4.12. The number of carbonyl (C=O) groups is 2. The van der Waals surface area contributed by atoms with Gasteiger partial charge in [0, 0.05) is 17.3 Å². The van der Waals surface area contributed by atoms with Gasteiger partial charge >= 0.3 is 0 Å². The molecule has 0 spiro atoms. The van der Waals surface area contributed by atoms with Gasteiger partial charge in [-0.2, -0.15) is 5.10 Å². The summed E-state index contributed by atoms with van der Waals surface area (Å²) in [6, 6.07) is 26.8. The lowest BCUT2D eigenvalue weighted by atomic mass is 10.1. The van der Waals surface area contributed by atoms with E-state index in [-0.39, 0.29) is 16.5 Å². The maximum absolute atomic E-state index is 13.7. The fourth-order valence-corrected chi connectivity index (χ4v) is 5.54. The van der Waals surface area contributed by atoms with Gasteiger partial charge in [-0.15, -0.1) is 0 Å². The standard InChI is InChI=1S/C32H32N4O6S/c1-22-13-16-28(17-14-22)43(39,40)36(27-15-18-29(41-3)30(20-27)42-4)21-31(37)35-34-23(2)25-11-8-12-26(19-25)33-32(38)24-9-6-5-7-10-24/h5-20H,21H2,1-4H3,(H,33,38)(H,35,37)/b34-23-. The fraction of sp³-hybridized carbons (Fsp3) is 0.156. The number of hydrogen-bond donors (Lipinski definition) is 2. The van der Waals surface area contributed by atoms with Gasteiger partial charge in [0.25, 0.3) is 21.8 Å². The average Bonchev–Trinajstić information content (AvgIpc) is 3.02. The van der Waals surface area contributed by atoms with Crippen LogP contribution in [0.5, 0.6) is 11.5 Å². The molecule has 0 aliphatic carbocycles. The van der Waals surface area contributed by atoms with Crippen molar-refractivity contribution >= 4 is 38.9 Å². The van der Waals surface area contributed by atoms with Crippen molar-refractivity contribution in [3.63, 3.8) is 0 Å². The Labute approximate surface area is 251 Å². The number of anilines is 2. The summed E-state index contributed by atoms with van der Waals surface area (Å²) in [7, 11) is -1.25. The van der Waals surface area contributed by atoms with E-state index in [1.165, 1.54) is 38.5 Å². The van der Waals surface area contributed by atoms with Gasteiger partial charge in [0.05, 0.1) is 30.5 Å². The Hall–Kier alpha value is -5.16. The summed E-state index contributed by atoms with van der Waals surface area (Å²) in [5, 5.41) is 7.03. The van der Waals surface area contributed by atoms with E-state index < -0.39 is 22.5 Å². The third-order valence-electron chi connectivity index (χ3n) is 6.47. The van der Waals surface area contributed by atoms with Gasteiger partial charge in [-0.25, -0.2) is 13.8 Å². The predicted molar refractivity (Wildman–Crippen MR) is 166 cm³/mol. The van der Waals surface area contributed by atoms with Gasteiger partial charge in [0.2, 0.25) is 0 Å². The second kappa shape index (κ2) is 13.7. The molecule has 43 heavy (non-hydrogen) atoms. The van der Waals surface area contributed by atoms with E-state index in [1.54, 1.807) is 73.7 Å². The molecule has 0 bridgehead atoms. The lowest BCUT2D eigenvalue weighted by Crippen LogP contribution is -2.39. The number of methoxy groups -OCH3 is 2. The molecule has 222 valence electrons. The van der Waals surface area contributed by atoms with Crippen LogP contribution < -0.4 is 24.5 Å². The zero-order valence-corrected chi connectivity index (χ0v) is 25.0. The van der Waals surface area contributed by atoms with Crippen molar-refractivity contribution in [3.8, 4) is 11.5 Å². The van der Waals surface area contributed by atoms with Crippen molar-refractivity contribution in [3.05, 3.63) is 114 Å². The molecule has 0 aliphatic rings. The van der Waals surface area contributed by atoms with Crippen molar-refractivity contribution in [2.24, 2.45) is 5.10 Å². The number of nitrogens with one attached hydrogen (secondary N) is 2. The third kappa shape index (κ3) is 7.57. The molecule has 0 saturated heterocycles. The SMILES string of the molecule is COc1ccc(N(CC(=O)N/N=C(/C)c2cccc(NC(=O)c3ccccc3)c2)S(=O)(=O)c2ccc(C)cc2)cc1OC. The molecular formula is C32H32N4O6S. The number of nitrogens with zero attached hydrogens (tertiary/aromatic N) is 2. The Bertz CT molecular complexity index is 1740. The topological polar surface area (TPSA) is 126 Å². The quantitative estimate of drug-likeness (QED) is 0.184. The summed E-state index contributed by atoms with van der Waals surface area (Å²) < 4.78 is 39.1. The first-order chi connectivity index (χ1) is 20.6. The number of rotatable bonds is 11. The number of amides is 2. The monoisotopic (exact) mass is 600 g/mol. The van der Waals surface area contributed by atoms with Crippen molar-refractivity contribution in [2.45, 2.75) is 18.7 Å². The lowest BCUT2D eigenvalue weighted by Gasteiger charge is -2.24. The van der Waals surface area contributed by atoms with Gasteiger partial charge in [-0.3, -0.25) is 13.9 Å². The van der Waals surface area contributed by atoms with E-state index >= 15 is 0 Å². The number of sulfonamides is 1. The molecule has 0 aromatic heterocycles. The van der Waals surface area contributed by atoms with Crippen molar-refractivity contribution < 1.29 is 27.5 Å². The average molecular weight is 601 g/mol. The Balaban J connectivity index is 1.55. The molecule has 4 aromatic carbocycles. The number of aryl methyl sites for hydroxylation is 1. The summed E-state index contributed by atoms with van der Waals surface area (Å²) in [6.07, 6.45) is 0. The minimum absolute atomic E-state index is 0.0229. The van der Waals surface area contributed by atoms with E-state index in [9.17, 15) is 18.0 Å². The summed E-state index contributed by atoms with van der Waals surface area (Å²) in [5.74, 6) is -0.215. The highest BCUT2D eigenvalue weighted by atomic mass is 32.2. The van der Waals surface area contributed by atoms with Crippen LogP contribution >= 0.6 is 0 Å². The summed E-state index contributed by atoms with van der Waals surface area (Å²) >= 11 is 0. The van der Waals surface area contributed by atoms with Crippen molar-refractivity contribution in [2.75, 3.05) is 30.4 Å². The Morgan fingerprint density at radius 2 is 1.49 bits per heavy atom. The predicted octanol–water partition coefficient (Wildman–Crippen LogP) is 5.00. The van der Waals surface area contributed by atoms with Crippen LogP contribution in [0.4, 0.5) is 11.4 Å². The molecule has 10 nitrogen and oxygen atoms in total.